The highest BCUT2D eigenvalue weighted by molar-refractivity contribution is 5.92. The number of carbonyl (C=O) groups is 1. The summed E-state index contributed by atoms with van der Waals surface area (Å²) >= 11 is 0. The predicted molar refractivity (Wildman–Crippen MR) is 55.2 cm³/mol. The minimum Gasteiger partial charge on any atom is -0.351 e. The maximum atomic E-state index is 11.4. The molecular weight excluding hydrogens is 194 g/mol. The van der Waals surface area contributed by atoms with Crippen LogP contribution >= 0.6 is 0 Å². The van der Waals surface area contributed by atoms with Crippen molar-refractivity contribution in [3.8, 4) is 0 Å². The van der Waals surface area contributed by atoms with Gasteiger partial charge in [-0.25, -0.2) is 0 Å². The second-order valence-electron chi connectivity index (χ2n) is 2.78. The smallest absolute Gasteiger partial charge is 0.269 e. The highest BCUT2D eigenvalue weighted by Crippen LogP contribution is 1.92. The van der Waals surface area contributed by atoms with Crippen LogP contribution in [0.25, 0.3) is 10.4 Å². The normalized spacial score (nSPS) is 9.07. The number of pyridine rings is 1. The second-order valence-corrected chi connectivity index (χ2v) is 2.78. The lowest BCUT2D eigenvalue weighted by Crippen LogP contribution is -2.25. The van der Waals surface area contributed by atoms with Gasteiger partial charge in [0.25, 0.3) is 5.91 Å². The fourth-order valence-electron chi connectivity index (χ4n) is 0.984. The zero-order valence-corrected chi connectivity index (χ0v) is 8.13. The molecular formula is C9H11N5O. The largest absolute Gasteiger partial charge is 0.351 e. The first-order valence-corrected chi connectivity index (χ1v) is 4.54. The average molecular weight is 205 g/mol. The molecule has 1 aromatic rings. The molecule has 1 aromatic heterocycles. The molecule has 0 aliphatic heterocycles. The summed E-state index contributed by atoms with van der Waals surface area (Å²) in [5.74, 6) is -0.212. The Morgan fingerprint density at radius 1 is 1.60 bits per heavy atom. The summed E-state index contributed by atoms with van der Waals surface area (Å²) in [4.78, 5) is 17.9. The number of carbonyl (C=O) groups excluding carboxylic acids is 1. The van der Waals surface area contributed by atoms with E-state index in [1.165, 1.54) is 0 Å². The number of hydrogen-bond donors (Lipinski definition) is 1. The number of nitrogens with one attached hydrogen (secondary N) is 1. The van der Waals surface area contributed by atoms with E-state index in [4.69, 9.17) is 5.53 Å². The van der Waals surface area contributed by atoms with Crippen LogP contribution in [0.4, 0.5) is 0 Å². The van der Waals surface area contributed by atoms with Gasteiger partial charge in [0.1, 0.15) is 5.69 Å². The van der Waals surface area contributed by atoms with E-state index in [-0.39, 0.29) is 5.91 Å². The molecule has 0 saturated carbocycles. The summed E-state index contributed by atoms with van der Waals surface area (Å²) in [5, 5.41) is 6.03. The summed E-state index contributed by atoms with van der Waals surface area (Å²) in [6.07, 6.45) is 2.19. The van der Waals surface area contributed by atoms with Gasteiger partial charge in [0.05, 0.1) is 0 Å². The Kier molecular flexibility index (Phi) is 4.69. The molecule has 78 valence electrons. The van der Waals surface area contributed by atoms with Crippen LogP contribution in [0.15, 0.2) is 29.5 Å². The Morgan fingerprint density at radius 2 is 2.47 bits per heavy atom. The number of azide groups is 1. The molecule has 1 heterocycles. The Bertz CT molecular complexity index is 358. The number of aromatic nitrogens is 1. The van der Waals surface area contributed by atoms with Crippen LogP contribution in [-0.2, 0) is 0 Å². The number of hydrogen-bond acceptors (Lipinski definition) is 3. The SMILES string of the molecule is [N-]=[N+]=NCCCNC(=O)c1ccccn1. The summed E-state index contributed by atoms with van der Waals surface area (Å²) in [5.41, 5.74) is 8.40. The molecule has 0 atom stereocenters. The minimum atomic E-state index is -0.212. The van der Waals surface area contributed by atoms with Gasteiger partial charge in [-0.15, -0.1) is 0 Å². The molecule has 0 aliphatic rings. The summed E-state index contributed by atoms with van der Waals surface area (Å²) in [6, 6.07) is 5.14. The van der Waals surface area contributed by atoms with Crippen molar-refractivity contribution in [2.24, 2.45) is 5.11 Å². The van der Waals surface area contributed by atoms with Crippen molar-refractivity contribution in [3.63, 3.8) is 0 Å². The van der Waals surface area contributed by atoms with Crippen molar-refractivity contribution in [1.29, 1.82) is 0 Å². The Labute approximate surface area is 87.0 Å². The topological polar surface area (TPSA) is 90.8 Å². The number of nitrogens with zero attached hydrogens (tertiary/aromatic N) is 4. The average Bonchev–Trinajstić information content (AvgIpc) is 2.30. The molecule has 0 aromatic carbocycles. The van der Waals surface area contributed by atoms with Crippen LogP contribution in [0.1, 0.15) is 16.9 Å². The van der Waals surface area contributed by atoms with E-state index in [9.17, 15) is 4.79 Å². The van der Waals surface area contributed by atoms with Gasteiger partial charge in [-0.05, 0) is 24.1 Å². The summed E-state index contributed by atoms with van der Waals surface area (Å²) in [6.45, 7) is 0.868. The zero-order valence-electron chi connectivity index (χ0n) is 8.13. The number of amides is 1. The van der Waals surface area contributed by atoms with Crippen molar-refractivity contribution in [2.75, 3.05) is 13.1 Å². The first-order chi connectivity index (χ1) is 7.34. The molecule has 0 fully saturated rings. The monoisotopic (exact) mass is 205 g/mol. The van der Waals surface area contributed by atoms with E-state index < -0.39 is 0 Å². The van der Waals surface area contributed by atoms with Gasteiger partial charge in [-0.2, -0.15) is 0 Å². The molecule has 1 N–H and O–H groups in total. The third-order valence-corrected chi connectivity index (χ3v) is 1.68. The van der Waals surface area contributed by atoms with Gasteiger partial charge in [0, 0.05) is 24.2 Å². The summed E-state index contributed by atoms with van der Waals surface area (Å²) in [7, 11) is 0. The standard InChI is InChI=1S/C9H11N5O/c10-14-13-7-3-6-12-9(15)8-4-1-2-5-11-8/h1-2,4-5H,3,6-7H2,(H,12,15). The van der Waals surface area contributed by atoms with Crippen molar-refractivity contribution in [1.82, 2.24) is 10.3 Å². The second kappa shape index (κ2) is 6.39. The summed E-state index contributed by atoms with van der Waals surface area (Å²) < 4.78 is 0. The molecule has 15 heavy (non-hydrogen) atoms. The fraction of sp³-hybridized carbons (Fsp3) is 0.333. The fourth-order valence-corrected chi connectivity index (χ4v) is 0.984. The highest BCUT2D eigenvalue weighted by Gasteiger charge is 2.03. The lowest BCUT2D eigenvalue weighted by Gasteiger charge is -2.02. The maximum absolute atomic E-state index is 11.4. The maximum Gasteiger partial charge on any atom is 0.269 e. The lowest BCUT2D eigenvalue weighted by molar-refractivity contribution is 0.0948. The van der Waals surface area contributed by atoms with Crippen molar-refractivity contribution in [3.05, 3.63) is 40.5 Å². The third kappa shape index (κ3) is 4.10. The van der Waals surface area contributed by atoms with Crippen LogP contribution in [0.5, 0.6) is 0 Å². The molecule has 1 rings (SSSR count). The zero-order chi connectivity index (χ0) is 10.9. The molecule has 6 heteroatoms. The highest BCUT2D eigenvalue weighted by atomic mass is 16.1. The van der Waals surface area contributed by atoms with Gasteiger partial charge in [0.2, 0.25) is 0 Å². The lowest BCUT2D eigenvalue weighted by atomic mass is 10.3. The van der Waals surface area contributed by atoms with Gasteiger partial charge in [-0.3, -0.25) is 9.78 Å². The van der Waals surface area contributed by atoms with Crippen LogP contribution < -0.4 is 5.32 Å². The molecule has 0 unspecified atom stereocenters. The predicted octanol–water partition coefficient (Wildman–Crippen LogP) is 1.51. The quantitative estimate of drug-likeness (QED) is 0.341. The van der Waals surface area contributed by atoms with Crippen LogP contribution in [0, 0.1) is 0 Å². The molecule has 0 bridgehead atoms. The van der Waals surface area contributed by atoms with Crippen LogP contribution in [0.3, 0.4) is 0 Å². The Hall–Kier alpha value is -2.07. The van der Waals surface area contributed by atoms with E-state index in [0.717, 1.165) is 0 Å². The Balaban J connectivity index is 2.28. The van der Waals surface area contributed by atoms with Crippen LogP contribution in [-0.4, -0.2) is 24.0 Å². The molecule has 0 radical (unpaired) electrons. The Morgan fingerprint density at radius 3 is 3.13 bits per heavy atom. The molecule has 1 amide bonds. The first-order valence-electron chi connectivity index (χ1n) is 4.54. The molecule has 0 spiro atoms. The van der Waals surface area contributed by atoms with Crippen molar-refractivity contribution >= 4 is 5.91 Å². The molecule has 0 saturated heterocycles. The van der Waals surface area contributed by atoms with E-state index in [1.807, 2.05) is 0 Å². The van der Waals surface area contributed by atoms with Gasteiger partial charge >= 0.3 is 0 Å². The number of rotatable bonds is 5. The van der Waals surface area contributed by atoms with E-state index in [2.05, 4.69) is 20.3 Å². The van der Waals surface area contributed by atoms with E-state index in [1.54, 1.807) is 24.4 Å². The van der Waals surface area contributed by atoms with Crippen molar-refractivity contribution < 1.29 is 4.79 Å². The third-order valence-electron chi connectivity index (χ3n) is 1.68. The van der Waals surface area contributed by atoms with Gasteiger partial charge in [0.15, 0.2) is 0 Å². The van der Waals surface area contributed by atoms with Crippen molar-refractivity contribution in [2.45, 2.75) is 6.42 Å². The minimum absolute atomic E-state index is 0.212. The van der Waals surface area contributed by atoms with Gasteiger partial charge < -0.3 is 5.32 Å². The van der Waals surface area contributed by atoms with Crippen LogP contribution in [0.2, 0.25) is 0 Å². The first kappa shape index (κ1) is 11.0. The molecule has 6 nitrogen and oxygen atoms in total. The van der Waals surface area contributed by atoms with Gasteiger partial charge in [-0.1, -0.05) is 11.2 Å². The molecule has 0 aliphatic carbocycles. The van der Waals surface area contributed by atoms with E-state index >= 15 is 0 Å². The van der Waals surface area contributed by atoms with E-state index in [0.29, 0.717) is 25.2 Å².